The van der Waals surface area contributed by atoms with Crippen LogP contribution >= 0.6 is 27.7 Å². The number of rotatable bonds is 5. The molecule has 7 heteroatoms. The molecule has 0 spiro atoms. The number of benzene rings is 2. The van der Waals surface area contributed by atoms with Crippen molar-refractivity contribution in [3.8, 4) is 0 Å². The van der Waals surface area contributed by atoms with Crippen molar-refractivity contribution >= 4 is 43.6 Å². The minimum absolute atomic E-state index is 0.0478. The zero-order valence-electron chi connectivity index (χ0n) is 14.4. The number of nitrogens with two attached hydrogens (primary N) is 1. The van der Waals surface area contributed by atoms with Gasteiger partial charge < -0.3 is 5.73 Å². The van der Waals surface area contributed by atoms with Crippen LogP contribution in [0, 0.1) is 6.92 Å². The summed E-state index contributed by atoms with van der Waals surface area (Å²) in [6, 6.07) is 14.7. The van der Waals surface area contributed by atoms with Crippen molar-refractivity contribution in [3.63, 3.8) is 0 Å². The van der Waals surface area contributed by atoms with Crippen LogP contribution in [0.15, 0.2) is 52.0 Å². The number of nitrogens with zero attached hydrogens (tertiary/aromatic N) is 3. The van der Waals surface area contributed by atoms with E-state index in [4.69, 9.17) is 10.8 Å². The molecule has 4 rings (SSSR count). The van der Waals surface area contributed by atoms with Crippen molar-refractivity contribution < 1.29 is 0 Å². The summed E-state index contributed by atoms with van der Waals surface area (Å²) in [5.41, 5.74) is 10.8. The van der Waals surface area contributed by atoms with Gasteiger partial charge in [0.1, 0.15) is 5.04 Å². The molecule has 0 saturated carbocycles. The SMILES string of the molecule is Cc1n[nH]c2ccc(C3=NN(CC(N)Cc4cccc(Br)c4)CS3)cc12. The second-order valence-electron chi connectivity index (χ2n) is 6.53. The summed E-state index contributed by atoms with van der Waals surface area (Å²) in [4.78, 5) is 0. The van der Waals surface area contributed by atoms with Crippen molar-refractivity contribution in [2.24, 2.45) is 10.8 Å². The Morgan fingerprint density at radius 1 is 1.31 bits per heavy atom. The first-order valence-electron chi connectivity index (χ1n) is 8.50. The van der Waals surface area contributed by atoms with Crippen LogP contribution in [0.4, 0.5) is 0 Å². The first kappa shape index (κ1) is 17.6. The second kappa shape index (κ2) is 7.42. The summed E-state index contributed by atoms with van der Waals surface area (Å²) in [5.74, 6) is 0.837. The fourth-order valence-electron chi connectivity index (χ4n) is 3.14. The number of hydrogen-bond donors (Lipinski definition) is 2. The summed E-state index contributed by atoms with van der Waals surface area (Å²) < 4.78 is 1.09. The van der Waals surface area contributed by atoms with Gasteiger partial charge in [0.15, 0.2) is 0 Å². The lowest BCUT2D eigenvalue weighted by Crippen LogP contribution is -2.35. The molecule has 1 aromatic heterocycles. The predicted molar refractivity (Wildman–Crippen MR) is 112 cm³/mol. The maximum atomic E-state index is 6.35. The van der Waals surface area contributed by atoms with E-state index in [0.717, 1.165) is 50.5 Å². The number of thioether (sulfide) groups is 1. The van der Waals surface area contributed by atoms with Gasteiger partial charge in [-0.2, -0.15) is 10.2 Å². The Balaban J connectivity index is 1.44. The van der Waals surface area contributed by atoms with Gasteiger partial charge in [-0.15, -0.1) is 0 Å². The Kier molecular flexibility index (Phi) is 5.02. The average molecular weight is 430 g/mol. The van der Waals surface area contributed by atoms with E-state index in [2.05, 4.69) is 61.5 Å². The number of aryl methyl sites for hydroxylation is 1. The van der Waals surface area contributed by atoms with E-state index < -0.39 is 0 Å². The molecule has 0 radical (unpaired) electrons. The number of hydrogen-bond acceptors (Lipinski definition) is 5. The van der Waals surface area contributed by atoms with Crippen LogP contribution in [0.3, 0.4) is 0 Å². The highest BCUT2D eigenvalue weighted by atomic mass is 79.9. The Morgan fingerprint density at radius 2 is 2.19 bits per heavy atom. The van der Waals surface area contributed by atoms with E-state index in [1.54, 1.807) is 11.8 Å². The van der Waals surface area contributed by atoms with Gasteiger partial charge in [-0.1, -0.05) is 45.9 Å². The van der Waals surface area contributed by atoms with Gasteiger partial charge in [0.05, 0.1) is 23.6 Å². The van der Waals surface area contributed by atoms with Crippen LogP contribution in [0.5, 0.6) is 0 Å². The molecule has 0 saturated heterocycles. The molecule has 5 nitrogen and oxygen atoms in total. The topological polar surface area (TPSA) is 70.3 Å². The van der Waals surface area contributed by atoms with Crippen molar-refractivity contribution in [1.82, 2.24) is 15.2 Å². The van der Waals surface area contributed by atoms with E-state index >= 15 is 0 Å². The molecule has 1 unspecified atom stereocenters. The van der Waals surface area contributed by atoms with Gasteiger partial charge in [-0.05, 0) is 43.2 Å². The normalized spacial score (nSPS) is 15.5. The third-order valence-electron chi connectivity index (χ3n) is 4.42. The van der Waals surface area contributed by atoms with Gasteiger partial charge >= 0.3 is 0 Å². The molecule has 134 valence electrons. The lowest BCUT2D eigenvalue weighted by molar-refractivity contribution is 0.320. The molecule has 3 aromatic rings. The van der Waals surface area contributed by atoms with Gasteiger partial charge in [0, 0.05) is 21.5 Å². The van der Waals surface area contributed by atoms with Crippen LogP contribution in [-0.2, 0) is 6.42 Å². The molecule has 2 heterocycles. The third kappa shape index (κ3) is 3.79. The minimum Gasteiger partial charge on any atom is -0.326 e. The summed E-state index contributed by atoms with van der Waals surface area (Å²) in [6.45, 7) is 2.76. The van der Waals surface area contributed by atoms with Crippen molar-refractivity contribution in [3.05, 3.63) is 63.8 Å². The highest BCUT2D eigenvalue weighted by molar-refractivity contribution is 9.10. The molecule has 1 aliphatic rings. The number of aromatic amines is 1. The lowest BCUT2D eigenvalue weighted by atomic mass is 10.1. The number of H-pyrrole nitrogens is 1. The number of nitrogens with one attached hydrogen (secondary N) is 1. The van der Waals surface area contributed by atoms with Crippen LogP contribution in [-0.4, -0.2) is 38.7 Å². The molecule has 1 aliphatic heterocycles. The second-order valence-corrected chi connectivity index (χ2v) is 8.38. The minimum atomic E-state index is 0.0478. The molecule has 0 amide bonds. The molecule has 26 heavy (non-hydrogen) atoms. The highest BCUT2D eigenvalue weighted by Crippen LogP contribution is 2.26. The first-order chi connectivity index (χ1) is 12.6. The Morgan fingerprint density at radius 3 is 3.04 bits per heavy atom. The quantitative estimate of drug-likeness (QED) is 0.645. The van der Waals surface area contributed by atoms with Gasteiger partial charge in [0.2, 0.25) is 0 Å². The molecule has 2 aromatic carbocycles. The van der Waals surface area contributed by atoms with E-state index in [1.165, 1.54) is 5.56 Å². The first-order valence-corrected chi connectivity index (χ1v) is 10.3. The Bertz CT molecular complexity index is 967. The Hall–Kier alpha value is -1.83. The highest BCUT2D eigenvalue weighted by Gasteiger charge is 2.19. The molecule has 3 N–H and O–H groups in total. The van der Waals surface area contributed by atoms with Crippen LogP contribution in [0.1, 0.15) is 16.8 Å². The summed E-state index contributed by atoms with van der Waals surface area (Å²) in [6.07, 6.45) is 0.839. The monoisotopic (exact) mass is 429 g/mol. The van der Waals surface area contributed by atoms with E-state index in [9.17, 15) is 0 Å². The van der Waals surface area contributed by atoms with Crippen molar-refractivity contribution in [2.75, 3.05) is 12.4 Å². The molecular formula is C19H20BrN5S. The van der Waals surface area contributed by atoms with E-state index in [-0.39, 0.29) is 6.04 Å². The van der Waals surface area contributed by atoms with Crippen LogP contribution < -0.4 is 5.73 Å². The van der Waals surface area contributed by atoms with Crippen molar-refractivity contribution in [2.45, 2.75) is 19.4 Å². The van der Waals surface area contributed by atoms with Gasteiger partial charge in [-0.3, -0.25) is 10.1 Å². The zero-order chi connectivity index (χ0) is 18.1. The van der Waals surface area contributed by atoms with Gasteiger partial charge in [-0.25, -0.2) is 0 Å². The van der Waals surface area contributed by atoms with Crippen molar-refractivity contribution in [1.29, 1.82) is 0 Å². The molecule has 0 fully saturated rings. The van der Waals surface area contributed by atoms with Crippen LogP contribution in [0.2, 0.25) is 0 Å². The third-order valence-corrected chi connectivity index (χ3v) is 5.93. The summed E-state index contributed by atoms with van der Waals surface area (Å²) in [5, 5.41) is 16.3. The zero-order valence-corrected chi connectivity index (χ0v) is 16.8. The summed E-state index contributed by atoms with van der Waals surface area (Å²) >= 11 is 5.26. The smallest absolute Gasteiger partial charge is 0.125 e. The number of hydrazone groups is 1. The number of halogens is 1. The number of fused-ring (bicyclic) bond motifs is 1. The standard InChI is InChI=1S/C19H20BrN5S/c1-12-17-9-14(5-6-18(17)23-22-12)19-24-25(11-26-19)10-16(21)8-13-3-2-4-15(20)7-13/h2-7,9,16H,8,10-11,21H2,1H3,(H,22,23). The molecule has 0 aliphatic carbocycles. The van der Waals surface area contributed by atoms with E-state index in [1.807, 2.05) is 19.1 Å². The lowest BCUT2D eigenvalue weighted by Gasteiger charge is -2.18. The number of aromatic nitrogens is 2. The molecule has 0 bridgehead atoms. The fraction of sp³-hybridized carbons (Fsp3) is 0.263. The fourth-order valence-corrected chi connectivity index (χ4v) is 4.48. The predicted octanol–water partition coefficient (Wildman–Crippen LogP) is 3.87. The molecular weight excluding hydrogens is 410 g/mol. The van der Waals surface area contributed by atoms with Gasteiger partial charge in [0.25, 0.3) is 0 Å². The largest absolute Gasteiger partial charge is 0.326 e. The summed E-state index contributed by atoms with van der Waals surface area (Å²) in [7, 11) is 0. The Labute approximate surface area is 165 Å². The average Bonchev–Trinajstić information content (AvgIpc) is 3.22. The maximum Gasteiger partial charge on any atom is 0.125 e. The molecule has 1 atom stereocenters. The van der Waals surface area contributed by atoms with E-state index in [0.29, 0.717) is 0 Å². The van der Waals surface area contributed by atoms with Crippen LogP contribution in [0.25, 0.3) is 10.9 Å². The maximum absolute atomic E-state index is 6.35.